The highest BCUT2D eigenvalue weighted by atomic mass is 32.2. The van der Waals surface area contributed by atoms with E-state index in [-0.39, 0.29) is 11.6 Å². The second-order valence-electron chi connectivity index (χ2n) is 6.47. The van der Waals surface area contributed by atoms with Crippen LogP contribution in [0.4, 0.5) is 11.4 Å². The first-order valence-electron chi connectivity index (χ1n) is 8.46. The maximum atomic E-state index is 12.4. The van der Waals surface area contributed by atoms with Gasteiger partial charge in [-0.3, -0.25) is 9.10 Å². The van der Waals surface area contributed by atoms with Crippen LogP contribution in [0.1, 0.15) is 11.1 Å². The third kappa shape index (κ3) is 3.89. The minimum Gasteiger partial charge on any atom is -0.493 e. The highest BCUT2D eigenvalue weighted by Gasteiger charge is 2.24. The first-order valence-corrected chi connectivity index (χ1v) is 10.3. The molecule has 0 unspecified atom stereocenters. The fraction of sp³-hybridized carbons (Fsp3) is 0.211. The van der Waals surface area contributed by atoms with Crippen LogP contribution in [0, 0.1) is 13.8 Å². The molecule has 9 heteroatoms. The molecule has 146 valence electrons. The average Bonchev–Trinajstić information content (AvgIpc) is 2.93. The molecule has 2 N–H and O–H groups in total. The number of benzene rings is 2. The Balaban J connectivity index is 1.91. The molecule has 0 bridgehead atoms. The largest absolute Gasteiger partial charge is 0.493 e. The number of rotatable bonds is 5. The molecule has 0 aliphatic carbocycles. The third-order valence-electron chi connectivity index (χ3n) is 4.29. The Morgan fingerprint density at radius 1 is 1.11 bits per heavy atom. The van der Waals surface area contributed by atoms with Crippen LogP contribution >= 0.6 is 0 Å². The van der Waals surface area contributed by atoms with Crippen molar-refractivity contribution in [2.24, 2.45) is 10.2 Å². The molecule has 0 aliphatic heterocycles. The SMILES string of the molecule is Cc1cccc(C)c1N(CC(=O)N=Nc1c(O)[nH]c2ccccc12)S(C)(=O)=O. The van der Waals surface area contributed by atoms with Gasteiger partial charge in [0.15, 0.2) is 5.69 Å². The van der Waals surface area contributed by atoms with Crippen molar-refractivity contribution in [3.05, 3.63) is 53.6 Å². The maximum absolute atomic E-state index is 12.4. The molecule has 1 amide bonds. The number of H-pyrrole nitrogens is 1. The molecule has 0 atom stereocenters. The van der Waals surface area contributed by atoms with Crippen LogP contribution in [0.15, 0.2) is 52.7 Å². The zero-order valence-electron chi connectivity index (χ0n) is 15.7. The van der Waals surface area contributed by atoms with Crippen molar-refractivity contribution in [1.29, 1.82) is 0 Å². The predicted molar refractivity (Wildman–Crippen MR) is 108 cm³/mol. The third-order valence-corrected chi connectivity index (χ3v) is 5.40. The number of carbonyl (C=O) groups excluding carboxylic acids is 1. The quantitative estimate of drug-likeness (QED) is 0.637. The summed E-state index contributed by atoms with van der Waals surface area (Å²) in [6.07, 6.45) is 1.04. The van der Waals surface area contributed by atoms with Gasteiger partial charge in [0, 0.05) is 5.39 Å². The minimum absolute atomic E-state index is 0.127. The van der Waals surface area contributed by atoms with Gasteiger partial charge in [-0.15, -0.1) is 10.2 Å². The minimum atomic E-state index is -3.72. The average molecular weight is 400 g/mol. The molecule has 0 aliphatic rings. The molecule has 0 saturated carbocycles. The van der Waals surface area contributed by atoms with Crippen molar-refractivity contribution >= 4 is 38.2 Å². The zero-order chi connectivity index (χ0) is 20.5. The van der Waals surface area contributed by atoms with E-state index in [1.807, 2.05) is 6.07 Å². The topological polar surface area (TPSA) is 115 Å². The molecular formula is C19H20N4O4S. The van der Waals surface area contributed by atoms with Gasteiger partial charge < -0.3 is 10.1 Å². The van der Waals surface area contributed by atoms with Gasteiger partial charge in [0.1, 0.15) is 6.54 Å². The van der Waals surface area contributed by atoms with Crippen molar-refractivity contribution < 1.29 is 18.3 Å². The van der Waals surface area contributed by atoms with E-state index in [0.717, 1.165) is 21.7 Å². The van der Waals surface area contributed by atoms with Crippen molar-refractivity contribution in [3.8, 4) is 5.88 Å². The first-order chi connectivity index (χ1) is 13.2. The molecule has 8 nitrogen and oxygen atoms in total. The summed E-state index contributed by atoms with van der Waals surface area (Å²) in [5.74, 6) is -0.967. The van der Waals surface area contributed by atoms with E-state index in [1.54, 1.807) is 50.2 Å². The Morgan fingerprint density at radius 3 is 2.39 bits per heavy atom. The lowest BCUT2D eigenvalue weighted by atomic mass is 10.1. The molecule has 0 fully saturated rings. The van der Waals surface area contributed by atoms with Gasteiger partial charge >= 0.3 is 0 Å². The van der Waals surface area contributed by atoms with E-state index in [4.69, 9.17) is 0 Å². The van der Waals surface area contributed by atoms with Crippen LogP contribution in [0.3, 0.4) is 0 Å². The summed E-state index contributed by atoms with van der Waals surface area (Å²) in [6.45, 7) is 3.06. The van der Waals surface area contributed by atoms with Gasteiger partial charge in [-0.2, -0.15) is 0 Å². The summed E-state index contributed by atoms with van der Waals surface area (Å²) in [5, 5.41) is 18.0. The number of hydrogen-bond acceptors (Lipinski definition) is 5. The summed E-state index contributed by atoms with van der Waals surface area (Å²) >= 11 is 0. The van der Waals surface area contributed by atoms with E-state index >= 15 is 0 Å². The number of para-hydroxylation sites is 2. The van der Waals surface area contributed by atoms with E-state index in [9.17, 15) is 18.3 Å². The summed E-state index contributed by atoms with van der Waals surface area (Å²) in [6, 6.07) is 12.4. The molecule has 1 aromatic heterocycles. The monoisotopic (exact) mass is 400 g/mol. The van der Waals surface area contributed by atoms with Crippen molar-refractivity contribution in [2.45, 2.75) is 13.8 Å². The van der Waals surface area contributed by atoms with Crippen LogP contribution < -0.4 is 4.31 Å². The molecule has 2 aromatic carbocycles. The van der Waals surface area contributed by atoms with Gasteiger partial charge in [0.2, 0.25) is 15.9 Å². The Bertz CT molecular complexity index is 1160. The Kier molecular flexibility index (Phi) is 5.19. The smallest absolute Gasteiger partial charge is 0.285 e. The lowest BCUT2D eigenvalue weighted by Gasteiger charge is -2.24. The van der Waals surface area contributed by atoms with Crippen LogP contribution in [0.2, 0.25) is 0 Å². The van der Waals surface area contributed by atoms with Crippen LogP contribution in [0.25, 0.3) is 10.9 Å². The number of anilines is 1. The fourth-order valence-electron chi connectivity index (χ4n) is 3.04. The van der Waals surface area contributed by atoms with Gasteiger partial charge in [0.25, 0.3) is 5.91 Å². The second kappa shape index (κ2) is 7.43. The van der Waals surface area contributed by atoms with Crippen molar-refractivity contribution in [1.82, 2.24) is 4.98 Å². The number of hydrogen-bond donors (Lipinski definition) is 2. The highest BCUT2D eigenvalue weighted by molar-refractivity contribution is 7.92. The number of amides is 1. The van der Waals surface area contributed by atoms with E-state index < -0.39 is 22.5 Å². The number of aryl methyl sites for hydroxylation is 2. The number of aromatic nitrogens is 1. The zero-order valence-corrected chi connectivity index (χ0v) is 16.5. The summed E-state index contributed by atoms with van der Waals surface area (Å²) in [7, 11) is -3.72. The van der Waals surface area contributed by atoms with E-state index in [0.29, 0.717) is 16.6 Å². The number of nitrogens with zero attached hydrogens (tertiary/aromatic N) is 3. The molecule has 0 radical (unpaired) electrons. The fourth-order valence-corrected chi connectivity index (χ4v) is 4.00. The second-order valence-corrected chi connectivity index (χ2v) is 8.38. The van der Waals surface area contributed by atoms with Gasteiger partial charge in [0.05, 0.1) is 17.5 Å². The summed E-state index contributed by atoms with van der Waals surface area (Å²) < 4.78 is 25.6. The summed E-state index contributed by atoms with van der Waals surface area (Å²) in [4.78, 5) is 15.1. The lowest BCUT2D eigenvalue weighted by Crippen LogP contribution is -2.35. The number of azo groups is 1. The lowest BCUT2D eigenvalue weighted by molar-refractivity contribution is -0.116. The number of fused-ring (bicyclic) bond motifs is 1. The van der Waals surface area contributed by atoms with Gasteiger partial charge in [-0.05, 0) is 31.0 Å². The molecule has 0 saturated heterocycles. The number of nitrogens with one attached hydrogen (secondary N) is 1. The highest BCUT2D eigenvalue weighted by Crippen LogP contribution is 2.35. The molecule has 0 spiro atoms. The molecule has 3 aromatic rings. The molecular weight excluding hydrogens is 380 g/mol. The van der Waals surface area contributed by atoms with Crippen LogP contribution in [-0.2, 0) is 14.8 Å². The van der Waals surface area contributed by atoms with Crippen LogP contribution in [0.5, 0.6) is 5.88 Å². The predicted octanol–water partition coefficient (Wildman–Crippen LogP) is 3.57. The summed E-state index contributed by atoms with van der Waals surface area (Å²) in [5.41, 5.74) is 2.67. The Labute approximate surface area is 162 Å². The van der Waals surface area contributed by atoms with Crippen molar-refractivity contribution in [3.63, 3.8) is 0 Å². The first kappa shape index (κ1) is 19.6. The normalized spacial score (nSPS) is 12.0. The van der Waals surface area contributed by atoms with Crippen LogP contribution in [-0.4, -0.2) is 37.2 Å². The Morgan fingerprint density at radius 2 is 1.75 bits per heavy atom. The molecule has 1 heterocycles. The van der Waals surface area contributed by atoms with E-state index in [2.05, 4.69) is 15.2 Å². The van der Waals surface area contributed by atoms with Crippen molar-refractivity contribution in [2.75, 3.05) is 17.1 Å². The number of sulfonamides is 1. The number of aromatic hydroxyl groups is 1. The van der Waals surface area contributed by atoms with Gasteiger partial charge in [-0.1, -0.05) is 36.4 Å². The maximum Gasteiger partial charge on any atom is 0.285 e. The molecule has 3 rings (SSSR count). The Hall–Kier alpha value is -3.20. The standard InChI is InChI=1S/C19H20N4O4S/c1-12-7-6-8-13(2)18(12)23(28(3,26)27)11-16(24)21-22-17-14-9-4-5-10-15(14)20-19(17)25/h4-10,20,25H,11H2,1-3H3. The van der Waals surface area contributed by atoms with Gasteiger partial charge in [-0.25, -0.2) is 8.42 Å². The number of aromatic amines is 1. The molecule has 28 heavy (non-hydrogen) atoms. The number of carbonyl (C=O) groups is 1. The van der Waals surface area contributed by atoms with E-state index in [1.165, 1.54) is 0 Å².